The van der Waals surface area contributed by atoms with E-state index >= 15 is 0 Å². The molecule has 0 saturated carbocycles. The lowest BCUT2D eigenvalue weighted by atomic mass is 9.69. The third kappa shape index (κ3) is 5.22. The summed E-state index contributed by atoms with van der Waals surface area (Å²) in [5.41, 5.74) is 7.14. The molecular weight excluding hydrogens is 480 g/mol. The summed E-state index contributed by atoms with van der Waals surface area (Å²) in [6.07, 6.45) is 4.77. The molecular formula is C36H38O3. The fraction of sp³-hybridized carbons (Fsp3) is 0.222. The minimum absolute atomic E-state index is 0.254. The van der Waals surface area contributed by atoms with Crippen molar-refractivity contribution in [2.24, 2.45) is 0 Å². The van der Waals surface area contributed by atoms with Gasteiger partial charge in [0.1, 0.15) is 17.2 Å². The normalized spacial score (nSPS) is 13.0. The van der Waals surface area contributed by atoms with Crippen LogP contribution < -0.4 is 0 Å². The van der Waals surface area contributed by atoms with Gasteiger partial charge in [0.2, 0.25) is 0 Å². The zero-order valence-corrected chi connectivity index (χ0v) is 23.3. The minimum atomic E-state index is -0.541. The summed E-state index contributed by atoms with van der Waals surface area (Å²) < 4.78 is 0. The smallest absolute Gasteiger partial charge is 0.119 e. The fourth-order valence-corrected chi connectivity index (χ4v) is 5.36. The standard InChI is InChI=1S/C36H38O3/c1-7-9-25-22-29(15-19-33(25)38)35(4,5)27-11-13-28(14-12-27)36(6,30-16-18-32(37)24(3)21-30)31-17-20-34(39)26(23-31)10-8-2/h7-8,11-23,37-39H,1-2,9-10H2,3-6H3. The summed E-state index contributed by atoms with van der Waals surface area (Å²) in [5, 5.41) is 31.0. The number of phenols is 3. The molecule has 39 heavy (non-hydrogen) atoms. The van der Waals surface area contributed by atoms with Gasteiger partial charge >= 0.3 is 0 Å². The highest BCUT2D eigenvalue weighted by atomic mass is 16.3. The highest BCUT2D eigenvalue weighted by Crippen LogP contribution is 2.43. The van der Waals surface area contributed by atoms with Gasteiger partial charge in [-0.2, -0.15) is 0 Å². The quantitative estimate of drug-likeness (QED) is 0.154. The molecule has 0 aliphatic carbocycles. The average Bonchev–Trinajstić information content (AvgIpc) is 2.92. The summed E-state index contributed by atoms with van der Waals surface area (Å²) in [4.78, 5) is 0. The first-order valence-electron chi connectivity index (χ1n) is 13.3. The Labute approximate surface area is 232 Å². The summed E-state index contributed by atoms with van der Waals surface area (Å²) in [6, 6.07) is 26.0. The predicted molar refractivity (Wildman–Crippen MR) is 161 cm³/mol. The van der Waals surface area contributed by atoms with Crippen LogP contribution in [0.4, 0.5) is 0 Å². The molecule has 0 spiro atoms. The number of hydrogen-bond donors (Lipinski definition) is 3. The Morgan fingerprint density at radius 1 is 0.564 bits per heavy atom. The maximum absolute atomic E-state index is 10.5. The summed E-state index contributed by atoms with van der Waals surface area (Å²) in [6.45, 7) is 16.1. The Kier molecular flexibility index (Phi) is 7.74. The molecule has 0 aliphatic rings. The molecule has 1 atom stereocenters. The molecule has 0 radical (unpaired) electrons. The number of allylic oxidation sites excluding steroid dienone is 2. The lowest BCUT2D eigenvalue weighted by Gasteiger charge is -2.34. The van der Waals surface area contributed by atoms with Crippen LogP contribution >= 0.6 is 0 Å². The van der Waals surface area contributed by atoms with Gasteiger partial charge in [-0.3, -0.25) is 0 Å². The van der Waals surface area contributed by atoms with Gasteiger partial charge in [0.05, 0.1) is 0 Å². The van der Waals surface area contributed by atoms with Gasteiger partial charge in [-0.1, -0.05) is 86.7 Å². The van der Waals surface area contributed by atoms with Gasteiger partial charge in [-0.05, 0) is 89.4 Å². The van der Waals surface area contributed by atoms with Gasteiger partial charge in [0, 0.05) is 10.8 Å². The third-order valence-corrected chi connectivity index (χ3v) is 8.14. The molecule has 1 unspecified atom stereocenters. The van der Waals surface area contributed by atoms with E-state index in [1.807, 2.05) is 31.2 Å². The molecule has 4 aromatic rings. The highest BCUT2D eigenvalue weighted by Gasteiger charge is 2.33. The van der Waals surface area contributed by atoms with Gasteiger partial charge in [-0.15, -0.1) is 13.2 Å². The van der Waals surface area contributed by atoms with E-state index in [1.54, 1.807) is 30.4 Å². The van der Waals surface area contributed by atoms with Crippen LogP contribution in [-0.4, -0.2) is 15.3 Å². The molecule has 3 nitrogen and oxygen atoms in total. The van der Waals surface area contributed by atoms with Crippen molar-refractivity contribution >= 4 is 0 Å². The van der Waals surface area contributed by atoms with E-state index in [4.69, 9.17) is 0 Å². The number of benzene rings is 4. The van der Waals surface area contributed by atoms with E-state index in [1.165, 1.54) is 0 Å². The number of phenolic OH excluding ortho intramolecular Hbond substituents is 3. The molecule has 0 amide bonds. The molecule has 0 saturated heterocycles. The maximum Gasteiger partial charge on any atom is 0.119 e. The van der Waals surface area contributed by atoms with Crippen molar-refractivity contribution in [1.29, 1.82) is 0 Å². The highest BCUT2D eigenvalue weighted by molar-refractivity contribution is 5.55. The third-order valence-electron chi connectivity index (χ3n) is 8.14. The van der Waals surface area contributed by atoms with Crippen LogP contribution in [0.25, 0.3) is 0 Å². The number of aromatic hydroxyl groups is 3. The second-order valence-corrected chi connectivity index (χ2v) is 11.0. The van der Waals surface area contributed by atoms with Gasteiger partial charge in [0.15, 0.2) is 0 Å². The maximum atomic E-state index is 10.5. The van der Waals surface area contributed by atoms with Crippen LogP contribution in [-0.2, 0) is 23.7 Å². The van der Waals surface area contributed by atoms with Crippen LogP contribution in [0.15, 0.2) is 104 Å². The lowest BCUT2D eigenvalue weighted by molar-refractivity contribution is 0.468. The Hall–Kier alpha value is -4.24. The topological polar surface area (TPSA) is 60.7 Å². The molecule has 3 heteroatoms. The van der Waals surface area contributed by atoms with Crippen molar-refractivity contribution in [3.05, 3.63) is 149 Å². The van der Waals surface area contributed by atoms with E-state index in [0.29, 0.717) is 12.8 Å². The van der Waals surface area contributed by atoms with E-state index < -0.39 is 5.41 Å². The summed E-state index contributed by atoms with van der Waals surface area (Å²) in [7, 11) is 0. The number of hydrogen-bond acceptors (Lipinski definition) is 3. The molecule has 0 heterocycles. The lowest BCUT2D eigenvalue weighted by Crippen LogP contribution is -2.26. The average molecular weight is 519 g/mol. The predicted octanol–water partition coefficient (Wildman–Crippen LogP) is 8.25. The molecule has 0 aliphatic heterocycles. The molecule has 200 valence electrons. The van der Waals surface area contributed by atoms with E-state index in [0.717, 1.165) is 44.5 Å². The van der Waals surface area contributed by atoms with Crippen LogP contribution in [0.1, 0.15) is 65.3 Å². The zero-order chi connectivity index (χ0) is 28.4. The fourth-order valence-electron chi connectivity index (χ4n) is 5.36. The van der Waals surface area contributed by atoms with E-state index in [2.05, 4.69) is 70.3 Å². The zero-order valence-electron chi connectivity index (χ0n) is 23.3. The van der Waals surface area contributed by atoms with E-state index in [-0.39, 0.29) is 22.7 Å². The Morgan fingerprint density at radius 2 is 0.974 bits per heavy atom. The molecule has 0 aromatic heterocycles. The van der Waals surface area contributed by atoms with E-state index in [9.17, 15) is 15.3 Å². The molecule has 4 rings (SSSR count). The monoisotopic (exact) mass is 518 g/mol. The summed E-state index contributed by atoms with van der Waals surface area (Å²) in [5.74, 6) is 0.806. The van der Waals surface area contributed by atoms with Gasteiger partial charge in [0.25, 0.3) is 0 Å². The Morgan fingerprint density at radius 3 is 1.49 bits per heavy atom. The minimum Gasteiger partial charge on any atom is -0.508 e. The first kappa shape index (κ1) is 27.8. The Bertz CT molecular complexity index is 1510. The first-order chi connectivity index (χ1) is 18.5. The largest absolute Gasteiger partial charge is 0.508 e. The SMILES string of the molecule is C=CCc1cc(C(C)(C)c2ccc(C(C)(c3ccc(O)c(C)c3)c3ccc(O)c(CC=C)c3)cc2)ccc1O. The second-order valence-electron chi connectivity index (χ2n) is 11.0. The van der Waals surface area contributed by atoms with Crippen molar-refractivity contribution < 1.29 is 15.3 Å². The van der Waals surface area contributed by atoms with Gasteiger partial charge < -0.3 is 15.3 Å². The van der Waals surface area contributed by atoms with Crippen LogP contribution in [0, 0.1) is 6.92 Å². The molecule has 3 N–H and O–H groups in total. The van der Waals surface area contributed by atoms with Crippen LogP contribution in [0.2, 0.25) is 0 Å². The van der Waals surface area contributed by atoms with Crippen LogP contribution in [0.5, 0.6) is 17.2 Å². The number of aryl methyl sites for hydroxylation is 1. The van der Waals surface area contributed by atoms with Crippen molar-refractivity contribution in [3.63, 3.8) is 0 Å². The Balaban J connectivity index is 1.84. The molecule has 4 aromatic carbocycles. The molecule has 0 bridgehead atoms. The second kappa shape index (κ2) is 10.9. The summed E-state index contributed by atoms with van der Waals surface area (Å²) >= 11 is 0. The number of rotatable bonds is 9. The van der Waals surface area contributed by atoms with Crippen molar-refractivity contribution in [2.45, 2.75) is 51.4 Å². The van der Waals surface area contributed by atoms with Crippen molar-refractivity contribution in [1.82, 2.24) is 0 Å². The van der Waals surface area contributed by atoms with Gasteiger partial charge in [-0.25, -0.2) is 0 Å². The first-order valence-corrected chi connectivity index (χ1v) is 13.3. The van der Waals surface area contributed by atoms with Crippen molar-refractivity contribution in [2.75, 3.05) is 0 Å². The van der Waals surface area contributed by atoms with Crippen molar-refractivity contribution in [3.8, 4) is 17.2 Å². The molecule has 0 fully saturated rings. The van der Waals surface area contributed by atoms with Crippen LogP contribution in [0.3, 0.4) is 0 Å².